The van der Waals surface area contributed by atoms with Crippen molar-refractivity contribution in [1.82, 2.24) is 25.0 Å². The summed E-state index contributed by atoms with van der Waals surface area (Å²) in [4.78, 5) is 21.0. The number of pyridine rings is 1. The lowest BCUT2D eigenvalue weighted by molar-refractivity contribution is -0.0195. The van der Waals surface area contributed by atoms with Gasteiger partial charge in [-0.05, 0) is 58.0 Å². The molecule has 1 unspecified atom stereocenters. The molecule has 1 saturated heterocycles. The Labute approximate surface area is 211 Å². The molecule has 36 heavy (non-hydrogen) atoms. The van der Waals surface area contributed by atoms with Gasteiger partial charge in [-0.25, -0.2) is 9.67 Å². The van der Waals surface area contributed by atoms with Gasteiger partial charge in [-0.2, -0.15) is 5.10 Å². The lowest BCUT2D eigenvalue weighted by Crippen LogP contribution is -2.51. The SMILES string of the molecule is Cc1cc(C(=O)NC2CC3(CCN(C)CC3)Oc3ccccc32)c2c(C)nn(-c3ccccc3)c2n1. The quantitative estimate of drug-likeness (QED) is 0.457. The maximum Gasteiger partial charge on any atom is 0.252 e. The molecule has 2 aliphatic rings. The Morgan fingerprint density at radius 1 is 1.06 bits per heavy atom. The first kappa shape index (κ1) is 22.7. The number of nitrogens with zero attached hydrogens (tertiary/aromatic N) is 4. The summed E-state index contributed by atoms with van der Waals surface area (Å²) in [6.45, 7) is 5.84. The molecule has 6 rings (SSSR count). The molecule has 1 amide bonds. The number of fused-ring (bicyclic) bond motifs is 2. The second-order valence-electron chi connectivity index (χ2n) is 10.2. The zero-order valence-electron chi connectivity index (χ0n) is 21.0. The summed E-state index contributed by atoms with van der Waals surface area (Å²) < 4.78 is 8.41. The summed E-state index contributed by atoms with van der Waals surface area (Å²) in [5.74, 6) is 0.772. The summed E-state index contributed by atoms with van der Waals surface area (Å²) in [5.41, 5.74) is 4.57. The Morgan fingerprint density at radius 2 is 1.78 bits per heavy atom. The van der Waals surface area contributed by atoms with Crippen LogP contribution in [0.25, 0.3) is 16.7 Å². The third-order valence-corrected chi connectivity index (χ3v) is 7.59. The number of nitrogens with one attached hydrogen (secondary N) is 1. The smallest absolute Gasteiger partial charge is 0.252 e. The van der Waals surface area contributed by atoms with E-state index < -0.39 is 0 Å². The highest BCUT2D eigenvalue weighted by Gasteiger charge is 2.43. The fraction of sp³-hybridized carbons (Fsp3) is 0.345. The monoisotopic (exact) mass is 481 g/mol. The average molecular weight is 482 g/mol. The number of carbonyl (C=O) groups excluding carboxylic acids is 1. The lowest BCUT2D eigenvalue weighted by atomic mass is 9.80. The maximum atomic E-state index is 13.9. The molecule has 2 aromatic carbocycles. The Kier molecular flexibility index (Phi) is 5.52. The van der Waals surface area contributed by atoms with Crippen molar-refractivity contribution in [1.29, 1.82) is 0 Å². The zero-order valence-corrected chi connectivity index (χ0v) is 21.0. The van der Waals surface area contributed by atoms with Gasteiger partial charge in [-0.3, -0.25) is 4.79 Å². The van der Waals surface area contributed by atoms with E-state index in [1.165, 1.54) is 0 Å². The van der Waals surface area contributed by atoms with Gasteiger partial charge in [0.15, 0.2) is 5.65 Å². The molecular weight excluding hydrogens is 450 g/mol. The van der Waals surface area contributed by atoms with E-state index in [1.807, 2.05) is 73.1 Å². The summed E-state index contributed by atoms with van der Waals surface area (Å²) >= 11 is 0. The van der Waals surface area contributed by atoms with E-state index in [2.05, 4.69) is 23.3 Å². The van der Waals surface area contributed by atoms with Crippen LogP contribution >= 0.6 is 0 Å². The van der Waals surface area contributed by atoms with Gasteiger partial charge in [0.2, 0.25) is 0 Å². The van der Waals surface area contributed by atoms with Gasteiger partial charge in [0.25, 0.3) is 5.91 Å². The van der Waals surface area contributed by atoms with Crippen LogP contribution in [0.15, 0.2) is 60.7 Å². The van der Waals surface area contributed by atoms with Crippen LogP contribution in [-0.2, 0) is 0 Å². The van der Waals surface area contributed by atoms with Gasteiger partial charge in [0.1, 0.15) is 11.4 Å². The average Bonchev–Trinajstić information content (AvgIpc) is 3.22. The fourth-order valence-corrected chi connectivity index (χ4v) is 5.66. The number of rotatable bonds is 3. The van der Waals surface area contributed by atoms with Crippen molar-refractivity contribution in [3.8, 4) is 11.4 Å². The minimum Gasteiger partial charge on any atom is -0.487 e. The molecule has 7 nitrogen and oxygen atoms in total. The molecule has 7 heteroatoms. The molecule has 0 saturated carbocycles. The predicted octanol–water partition coefficient (Wildman–Crippen LogP) is 4.76. The number of amides is 1. The second kappa shape index (κ2) is 8.75. The van der Waals surface area contributed by atoms with Gasteiger partial charge >= 0.3 is 0 Å². The zero-order chi connectivity index (χ0) is 24.9. The van der Waals surface area contributed by atoms with Crippen LogP contribution in [0.4, 0.5) is 0 Å². The highest BCUT2D eigenvalue weighted by Crippen LogP contribution is 2.44. The van der Waals surface area contributed by atoms with Crippen molar-refractivity contribution < 1.29 is 9.53 Å². The standard InChI is InChI=1S/C29H31N5O2/c1-19-17-23(26-20(2)32-34(27(26)30-19)21-9-5-4-6-10-21)28(35)31-24-18-29(13-15-33(3)16-14-29)36-25-12-8-7-11-22(24)25/h4-12,17,24H,13-16,18H2,1-3H3,(H,31,35). The third kappa shape index (κ3) is 3.93. The van der Waals surface area contributed by atoms with E-state index in [0.717, 1.165) is 66.1 Å². The summed E-state index contributed by atoms with van der Waals surface area (Å²) in [6.07, 6.45) is 2.66. The van der Waals surface area contributed by atoms with Crippen LogP contribution in [0.2, 0.25) is 0 Å². The summed E-state index contributed by atoms with van der Waals surface area (Å²) in [5, 5.41) is 8.91. The van der Waals surface area contributed by atoms with Gasteiger partial charge < -0.3 is 15.0 Å². The molecule has 4 aromatic rings. The molecule has 2 aliphatic heterocycles. The molecule has 0 aliphatic carbocycles. The number of likely N-dealkylation sites (tertiary alicyclic amines) is 1. The predicted molar refractivity (Wildman–Crippen MR) is 140 cm³/mol. The number of para-hydroxylation sites is 2. The number of hydrogen-bond donors (Lipinski definition) is 1. The maximum absolute atomic E-state index is 13.9. The topological polar surface area (TPSA) is 72.3 Å². The van der Waals surface area contributed by atoms with E-state index in [9.17, 15) is 4.79 Å². The molecule has 0 radical (unpaired) electrons. The summed E-state index contributed by atoms with van der Waals surface area (Å²) in [7, 11) is 2.15. The lowest BCUT2D eigenvalue weighted by Gasteiger charge is -2.46. The number of aryl methyl sites for hydroxylation is 2. The van der Waals surface area contributed by atoms with Crippen LogP contribution in [0, 0.1) is 13.8 Å². The Morgan fingerprint density at radius 3 is 2.56 bits per heavy atom. The first-order valence-electron chi connectivity index (χ1n) is 12.6. The molecule has 1 spiro atoms. The van der Waals surface area contributed by atoms with Crippen LogP contribution < -0.4 is 10.1 Å². The minimum atomic E-state index is -0.254. The van der Waals surface area contributed by atoms with Crippen molar-refractivity contribution in [3.05, 3.63) is 83.2 Å². The molecule has 4 heterocycles. The van der Waals surface area contributed by atoms with E-state index in [0.29, 0.717) is 11.2 Å². The van der Waals surface area contributed by atoms with Crippen LogP contribution in [0.3, 0.4) is 0 Å². The number of benzene rings is 2. The molecule has 184 valence electrons. The number of hydrogen-bond acceptors (Lipinski definition) is 5. The van der Waals surface area contributed by atoms with Crippen molar-refractivity contribution in [3.63, 3.8) is 0 Å². The van der Waals surface area contributed by atoms with Crippen molar-refractivity contribution in [2.45, 2.75) is 44.8 Å². The normalized spacial score (nSPS) is 19.1. The van der Waals surface area contributed by atoms with Gasteiger partial charge in [-0.1, -0.05) is 36.4 Å². The highest BCUT2D eigenvalue weighted by atomic mass is 16.5. The third-order valence-electron chi connectivity index (χ3n) is 7.59. The Hall–Kier alpha value is -3.71. The molecule has 2 aromatic heterocycles. The van der Waals surface area contributed by atoms with Crippen LogP contribution in [0.5, 0.6) is 5.75 Å². The molecule has 0 bridgehead atoms. The minimum absolute atomic E-state index is 0.106. The fourth-order valence-electron chi connectivity index (χ4n) is 5.66. The van der Waals surface area contributed by atoms with Crippen molar-refractivity contribution in [2.75, 3.05) is 20.1 Å². The second-order valence-corrected chi connectivity index (χ2v) is 10.2. The molecule has 1 N–H and O–H groups in total. The number of aromatic nitrogens is 3. The van der Waals surface area contributed by atoms with Crippen molar-refractivity contribution >= 4 is 16.9 Å². The van der Waals surface area contributed by atoms with E-state index >= 15 is 0 Å². The van der Waals surface area contributed by atoms with Gasteiger partial charge in [-0.15, -0.1) is 0 Å². The first-order valence-corrected chi connectivity index (χ1v) is 12.6. The highest BCUT2D eigenvalue weighted by molar-refractivity contribution is 6.07. The number of piperidine rings is 1. The van der Waals surface area contributed by atoms with Crippen LogP contribution in [0.1, 0.15) is 52.6 Å². The van der Waals surface area contributed by atoms with E-state index in [-0.39, 0.29) is 17.6 Å². The van der Waals surface area contributed by atoms with Crippen LogP contribution in [-0.4, -0.2) is 51.3 Å². The number of carbonyl (C=O) groups is 1. The molecule has 1 atom stereocenters. The van der Waals surface area contributed by atoms with Gasteiger partial charge in [0.05, 0.1) is 28.4 Å². The van der Waals surface area contributed by atoms with Gasteiger partial charge in [0, 0.05) is 30.8 Å². The number of ether oxygens (including phenoxy) is 1. The Bertz CT molecular complexity index is 1440. The van der Waals surface area contributed by atoms with E-state index in [4.69, 9.17) is 14.8 Å². The van der Waals surface area contributed by atoms with E-state index in [1.54, 1.807) is 0 Å². The Balaban J connectivity index is 1.38. The van der Waals surface area contributed by atoms with Crippen molar-refractivity contribution in [2.24, 2.45) is 0 Å². The molecule has 1 fully saturated rings. The first-order chi connectivity index (χ1) is 17.4. The summed E-state index contributed by atoms with van der Waals surface area (Å²) in [6, 6.07) is 19.8. The largest absolute Gasteiger partial charge is 0.487 e. The molecular formula is C29H31N5O2.